The Hall–Kier alpha value is -3.06. The number of thiocarbonyl (C=S) groups is 1. The fourth-order valence-corrected chi connectivity index (χ4v) is 2.53. The van der Waals surface area contributed by atoms with Crippen molar-refractivity contribution in [2.45, 2.75) is 6.92 Å². The van der Waals surface area contributed by atoms with Crippen molar-refractivity contribution in [2.75, 3.05) is 5.32 Å². The lowest BCUT2D eigenvalue weighted by Gasteiger charge is -2.10. The highest BCUT2D eigenvalue weighted by molar-refractivity contribution is 7.80. The zero-order valence-corrected chi connectivity index (χ0v) is 14.5. The van der Waals surface area contributed by atoms with Crippen LogP contribution in [0.15, 0.2) is 59.0 Å². The van der Waals surface area contributed by atoms with Gasteiger partial charge in [0.25, 0.3) is 5.91 Å². The molecule has 0 saturated carbocycles. The van der Waals surface area contributed by atoms with Gasteiger partial charge in [-0.3, -0.25) is 10.1 Å². The van der Waals surface area contributed by atoms with Crippen LogP contribution < -0.4 is 10.6 Å². The minimum atomic E-state index is -1.10. The van der Waals surface area contributed by atoms with Gasteiger partial charge in [-0.15, -0.1) is 0 Å². The third-order valence-corrected chi connectivity index (χ3v) is 3.76. The first-order valence-corrected chi connectivity index (χ1v) is 8.07. The number of halogens is 2. The molecule has 1 amide bonds. The topological polar surface area (TPSA) is 54.3 Å². The third kappa shape index (κ3) is 4.12. The van der Waals surface area contributed by atoms with Crippen molar-refractivity contribution in [1.82, 2.24) is 5.32 Å². The van der Waals surface area contributed by atoms with Gasteiger partial charge in [-0.2, -0.15) is 0 Å². The number of rotatable bonds is 3. The van der Waals surface area contributed by atoms with Crippen molar-refractivity contribution >= 4 is 28.9 Å². The Morgan fingerprint density at radius 2 is 1.85 bits per heavy atom. The van der Waals surface area contributed by atoms with Crippen LogP contribution in [0.3, 0.4) is 0 Å². The van der Waals surface area contributed by atoms with Crippen molar-refractivity contribution in [3.05, 3.63) is 77.6 Å². The van der Waals surface area contributed by atoms with E-state index >= 15 is 0 Å². The number of benzene rings is 2. The maximum Gasteiger partial charge on any atom is 0.257 e. The van der Waals surface area contributed by atoms with Crippen molar-refractivity contribution < 1.29 is 18.0 Å². The van der Waals surface area contributed by atoms with Crippen molar-refractivity contribution in [3.63, 3.8) is 0 Å². The predicted molar refractivity (Wildman–Crippen MR) is 98.9 cm³/mol. The lowest BCUT2D eigenvalue weighted by atomic mass is 10.1. The fraction of sp³-hybridized carbons (Fsp3) is 0.0526. The summed E-state index contributed by atoms with van der Waals surface area (Å²) < 4.78 is 31.7. The average Bonchev–Trinajstić information content (AvgIpc) is 3.04. The van der Waals surface area contributed by atoms with Crippen LogP contribution in [-0.4, -0.2) is 11.0 Å². The van der Waals surface area contributed by atoms with Crippen LogP contribution in [0.2, 0.25) is 0 Å². The van der Waals surface area contributed by atoms with E-state index in [1.54, 1.807) is 6.07 Å². The molecule has 0 spiro atoms. The molecule has 3 aromatic rings. The quantitative estimate of drug-likeness (QED) is 0.657. The number of amides is 1. The second-order valence-electron chi connectivity index (χ2n) is 5.53. The number of anilines is 1. The molecule has 1 heterocycles. The van der Waals surface area contributed by atoms with Crippen LogP contribution in [0.25, 0.3) is 11.3 Å². The predicted octanol–water partition coefficient (Wildman–Crippen LogP) is 4.66. The Morgan fingerprint density at radius 3 is 2.54 bits per heavy atom. The molecule has 0 unspecified atom stereocenters. The van der Waals surface area contributed by atoms with E-state index in [2.05, 4.69) is 10.6 Å². The molecule has 7 heteroatoms. The zero-order valence-electron chi connectivity index (χ0n) is 13.7. The van der Waals surface area contributed by atoms with E-state index in [-0.39, 0.29) is 10.7 Å². The van der Waals surface area contributed by atoms with Crippen LogP contribution in [-0.2, 0) is 0 Å². The summed E-state index contributed by atoms with van der Waals surface area (Å²) in [5, 5.41) is 5.33. The van der Waals surface area contributed by atoms with Gasteiger partial charge in [-0.25, -0.2) is 8.78 Å². The maximum absolute atomic E-state index is 13.2. The van der Waals surface area contributed by atoms with Gasteiger partial charge in [-0.05, 0) is 61.6 Å². The van der Waals surface area contributed by atoms with Crippen LogP contribution in [0.1, 0.15) is 16.1 Å². The Balaban J connectivity index is 1.68. The summed E-state index contributed by atoms with van der Waals surface area (Å²) in [7, 11) is 0. The minimum absolute atomic E-state index is 0.0344. The van der Waals surface area contributed by atoms with E-state index < -0.39 is 17.5 Å². The van der Waals surface area contributed by atoms with Crippen molar-refractivity contribution in [3.8, 4) is 11.3 Å². The Bertz CT molecular complexity index is 985. The summed E-state index contributed by atoms with van der Waals surface area (Å²) in [4.78, 5) is 12.1. The average molecular weight is 372 g/mol. The van der Waals surface area contributed by atoms with Gasteiger partial charge in [0, 0.05) is 16.8 Å². The van der Waals surface area contributed by atoms with E-state index in [1.807, 2.05) is 37.3 Å². The molecular formula is C19H14F2N2O2S. The van der Waals surface area contributed by atoms with Gasteiger partial charge in [0.1, 0.15) is 11.5 Å². The molecule has 0 radical (unpaired) electrons. The molecule has 0 saturated heterocycles. The first-order valence-electron chi connectivity index (χ1n) is 7.66. The molecular weight excluding hydrogens is 358 g/mol. The van der Waals surface area contributed by atoms with Gasteiger partial charge >= 0.3 is 0 Å². The molecule has 2 N–H and O–H groups in total. The number of carbonyl (C=O) groups is 1. The van der Waals surface area contributed by atoms with Crippen molar-refractivity contribution in [1.29, 1.82) is 0 Å². The van der Waals surface area contributed by atoms with Crippen LogP contribution in [0.5, 0.6) is 0 Å². The second kappa shape index (κ2) is 7.45. The summed E-state index contributed by atoms with van der Waals surface area (Å²) in [5.41, 5.74) is 1.46. The Morgan fingerprint density at radius 1 is 1.04 bits per heavy atom. The third-order valence-electron chi connectivity index (χ3n) is 3.55. The summed E-state index contributed by atoms with van der Waals surface area (Å²) in [6.45, 7) is 1.86. The SMILES string of the molecule is Cc1ccc(-c2cccc(NC(=S)NC(=O)c3ccc(F)c(F)c3)c2)o1. The van der Waals surface area contributed by atoms with Gasteiger partial charge in [0.15, 0.2) is 16.7 Å². The normalized spacial score (nSPS) is 10.4. The zero-order chi connectivity index (χ0) is 18.7. The van der Waals surface area contributed by atoms with Gasteiger partial charge in [0.05, 0.1) is 0 Å². The number of hydrogen-bond acceptors (Lipinski definition) is 3. The molecule has 26 heavy (non-hydrogen) atoms. The lowest BCUT2D eigenvalue weighted by molar-refractivity contribution is 0.0977. The smallest absolute Gasteiger partial charge is 0.257 e. The summed E-state index contributed by atoms with van der Waals surface area (Å²) >= 11 is 5.10. The van der Waals surface area contributed by atoms with Gasteiger partial charge in [0.2, 0.25) is 0 Å². The molecule has 0 fully saturated rings. The lowest BCUT2D eigenvalue weighted by Crippen LogP contribution is -2.34. The molecule has 0 bridgehead atoms. The van der Waals surface area contributed by atoms with Gasteiger partial charge < -0.3 is 9.73 Å². The highest BCUT2D eigenvalue weighted by atomic mass is 32.1. The number of hydrogen-bond donors (Lipinski definition) is 2. The largest absolute Gasteiger partial charge is 0.461 e. The summed E-state index contributed by atoms with van der Waals surface area (Å²) in [5.74, 6) is -1.25. The van der Waals surface area contributed by atoms with Crippen LogP contribution >= 0.6 is 12.2 Å². The Labute approximate surface area is 153 Å². The molecule has 132 valence electrons. The maximum atomic E-state index is 13.2. The fourth-order valence-electron chi connectivity index (χ4n) is 2.31. The molecule has 0 atom stereocenters. The molecule has 0 aliphatic rings. The second-order valence-corrected chi connectivity index (χ2v) is 5.94. The molecule has 3 rings (SSSR count). The monoisotopic (exact) mass is 372 g/mol. The number of nitrogens with one attached hydrogen (secondary N) is 2. The van der Waals surface area contributed by atoms with Crippen LogP contribution in [0.4, 0.5) is 14.5 Å². The molecule has 4 nitrogen and oxygen atoms in total. The van der Waals surface area contributed by atoms with E-state index in [4.69, 9.17) is 16.6 Å². The Kier molecular flexibility index (Phi) is 5.09. The van der Waals surface area contributed by atoms with E-state index in [9.17, 15) is 13.6 Å². The molecule has 0 aliphatic heterocycles. The number of carbonyl (C=O) groups excluding carboxylic acids is 1. The molecule has 2 aromatic carbocycles. The van der Waals surface area contributed by atoms with E-state index in [0.717, 1.165) is 23.5 Å². The number of furan rings is 1. The highest BCUT2D eigenvalue weighted by Gasteiger charge is 2.11. The van der Waals surface area contributed by atoms with E-state index in [0.29, 0.717) is 11.4 Å². The van der Waals surface area contributed by atoms with Crippen molar-refractivity contribution in [2.24, 2.45) is 0 Å². The van der Waals surface area contributed by atoms with E-state index in [1.165, 1.54) is 6.07 Å². The summed E-state index contributed by atoms with van der Waals surface area (Å²) in [6.07, 6.45) is 0. The first-order chi connectivity index (χ1) is 12.4. The standard InChI is InChI=1S/C19H14F2N2O2S/c1-11-5-8-17(25-11)12-3-2-4-14(9-12)22-19(26)23-18(24)13-6-7-15(20)16(21)10-13/h2-10H,1H3,(H2,22,23,24,26). The minimum Gasteiger partial charge on any atom is -0.461 e. The molecule has 1 aromatic heterocycles. The molecule has 0 aliphatic carbocycles. The number of aryl methyl sites for hydroxylation is 1. The van der Waals surface area contributed by atoms with Crippen LogP contribution in [0, 0.1) is 18.6 Å². The first kappa shape index (κ1) is 17.8. The highest BCUT2D eigenvalue weighted by Crippen LogP contribution is 2.24. The van der Waals surface area contributed by atoms with Gasteiger partial charge in [-0.1, -0.05) is 12.1 Å². The summed E-state index contributed by atoms with van der Waals surface area (Å²) in [6, 6.07) is 13.9.